The lowest BCUT2D eigenvalue weighted by Gasteiger charge is -2.07. The number of aliphatic carboxylic acids is 1. The van der Waals surface area contributed by atoms with Gasteiger partial charge in [-0.15, -0.1) is 5.10 Å². The predicted octanol–water partition coefficient (Wildman–Crippen LogP) is 4.29. The van der Waals surface area contributed by atoms with E-state index >= 15 is 0 Å². The van der Waals surface area contributed by atoms with Crippen molar-refractivity contribution in [3.63, 3.8) is 0 Å². The number of para-hydroxylation sites is 1. The Morgan fingerprint density at radius 1 is 1.20 bits per heavy atom. The zero-order valence-corrected chi connectivity index (χ0v) is 14.3. The van der Waals surface area contributed by atoms with Gasteiger partial charge in [0.1, 0.15) is 6.61 Å². The van der Waals surface area contributed by atoms with Crippen LogP contribution in [0.25, 0.3) is 16.9 Å². The maximum absolute atomic E-state index is 10.9. The van der Waals surface area contributed by atoms with Crippen molar-refractivity contribution in [2.75, 3.05) is 6.61 Å². The van der Waals surface area contributed by atoms with Crippen LogP contribution in [0, 0.1) is 5.92 Å². The average Bonchev–Trinajstić information content (AvgIpc) is 3.05. The molecule has 0 amide bonds. The Morgan fingerprint density at radius 2 is 1.88 bits per heavy atom. The quantitative estimate of drug-likeness (QED) is 0.715. The number of ether oxygens (including phenoxy) is 1. The third kappa shape index (κ3) is 4.00. The number of aromatic nitrogens is 2. The van der Waals surface area contributed by atoms with Crippen molar-refractivity contribution in [3.05, 3.63) is 65.7 Å². The summed E-state index contributed by atoms with van der Waals surface area (Å²) in [7, 11) is 0. The van der Waals surface area contributed by atoms with E-state index in [4.69, 9.17) is 21.4 Å². The molecule has 0 bridgehead atoms. The summed E-state index contributed by atoms with van der Waals surface area (Å²) in [4.78, 5) is 10.9. The molecule has 0 saturated heterocycles. The first-order chi connectivity index (χ1) is 12.0. The van der Waals surface area contributed by atoms with E-state index in [1.54, 1.807) is 17.7 Å². The highest BCUT2D eigenvalue weighted by molar-refractivity contribution is 6.30. The van der Waals surface area contributed by atoms with Crippen LogP contribution in [0.4, 0.5) is 0 Å². The number of carboxylic acids is 1. The van der Waals surface area contributed by atoms with Crippen molar-refractivity contribution < 1.29 is 14.6 Å². The fourth-order valence-electron chi connectivity index (χ4n) is 2.30. The first-order valence-corrected chi connectivity index (χ1v) is 8.19. The molecule has 6 heteroatoms. The van der Waals surface area contributed by atoms with Gasteiger partial charge in [0, 0.05) is 16.7 Å². The van der Waals surface area contributed by atoms with Crippen LogP contribution < -0.4 is 4.74 Å². The molecule has 2 aromatic carbocycles. The summed E-state index contributed by atoms with van der Waals surface area (Å²) in [6, 6.07) is 18.9. The summed E-state index contributed by atoms with van der Waals surface area (Å²) in [5.74, 6) is -1.14. The van der Waals surface area contributed by atoms with E-state index in [1.165, 1.54) is 0 Å². The molecule has 0 aliphatic heterocycles. The van der Waals surface area contributed by atoms with Crippen LogP contribution in [0.5, 0.6) is 5.88 Å². The lowest BCUT2D eigenvalue weighted by molar-refractivity contribution is -0.142. The maximum atomic E-state index is 10.9. The van der Waals surface area contributed by atoms with Crippen molar-refractivity contribution in [2.24, 2.45) is 5.92 Å². The second-order valence-electron chi connectivity index (χ2n) is 5.67. The molecule has 128 valence electrons. The highest BCUT2D eigenvalue weighted by Gasteiger charge is 2.16. The van der Waals surface area contributed by atoms with E-state index in [0.29, 0.717) is 10.9 Å². The van der Waals surface area contributed by atoms with Crippen molar-refractivity contribution in [3.8, 4) is 22.8 Å². The molecule has 0 spiro atoms. The molecule has 1 aromatic heterocycles. The minimum atomic E-state index is -0.902. The predicted molar refractivity (Wildman–Crippen MR) is 96.3 cm³/mol. The third-order valence-electron chi connectivity index (χ3n) is 3.73. The van der Waals surface area contributed by atoms with Crippen molar-refractivity contribution in [1.82, 2.24) is 9.78 Å². The largest absolute Gasteiger partial charge is 0.481 e. The summed E-state index contributed by atoms with van der Waals surface area (Å²) in [5.41, 5.74) is 2.65. The van der Waals surface area contributed by atoms with Gasteiger partial charge in [-0.3, -0.25) is 4.79 Å². The van der Waals surface area contributed by atoms with Gasteiger partial charge in [0.25, 0.3) is 0 Å². The highest BCUT2D eigenvalue weighted by Crippen LogP contribution is 2.28. The van der Waals surface area contributed by atoms with Gasteiger partial charge in [0.15, 0.2) is 0 Å². The van der Waals surface area contributed by atoms with E-state index in [2.05, 4.69) is 5.10 Å². The molecule has 1 atom stereocenters. The number of carboxylic acid groups (broad SMARTS) is 1. The zero-order chi connectivity index (χ0) is 17.8. The summed E-state index contributed by atoms with van der Waals surface area (Å²) in [5, 5.41) is 14.1. The Balaban J connectivity index is 1.97. The van der Waals surface area contributed by atoms with Crippen LogP contribution in [0.1, 0.15) is 6.92 Å². The SMILES string of the molecule is CC(COc1cc(-c2ccc(Cl)cc2)n(-c2ccccc2)n1)C(=O)O. The van der Waals surface area contributed by atoms with Crippen LogP contribution in [0.3, 0.4) is 0 Å². The van der Waals surface area contributed by atoms with Crippen molar-refractivity contribution in [1.29, 1.82) is 0 Å². The molecule has 1 N–H and O–H groups in total. The Hall–Kier alpha value is -2.79. The third-order valence-corrected chi connectivity index (χ3v) is 3.98. The molecule has 0 aliphatic rings. The lowest BCUT2D eigenvalue weighted by Crippen LogP contribution is -2.18. The summed E-state index contributed by atoms with van der Waals surface area (Å²) >= 11 is 5.97. The smallest absolute Gasteiger partial charge is 0.309 e. The van der Waals surface area contributed by atoms with Crippen molar-refractivity contribution in [2.45, 2.75) is 6.92 Å². The molecular formula is C19H17ClN2O3. The first kappa shape index (κ1) is 17.0. The molecule has 1 heterocycles. The molecule has 1 unspecified atom stereocenters. The van der Waals surface area contributed by atoms with Gasteiger partial charge in [-0.1, -0.05) is 41.9 Å². The van der Waals surface area contributed by atoms with Crippen LogP contribution in [0.2, 0.25) is 5.02 Å². The second kappa shape index (κ2) is 7.40. The zero-order valence-electron chi connectivity index (χ0n) is 13.6. The molecular weight excluding hydrogens is 340 g/mol. The standard InChI is InChI=1S/C19H17ClN2O3/c1-13(19(23)24)12-25-18-11-17(14-7-9-15(20)10-8-14)22(21-18)16-5-3-2-4-6-16/h2-11,13H,12H2,1H3,(H,23,24). The first-order valence-electron chi connectivity index (χ1n) is 7.81. The van der Waals surface area contributed by atoms with E-state index in [-0.39, 0.29) is 6.61 Å². The van der Waals surface area contributed by atoms with E-state index in [1.807, 2.05) is 54.6 Å². The van der Waals surface area contributed by atoms with E-state index < -0.39 is 11.9 Å². The number of benzene rings is 2. The molecule has 0 saturated carbocycles. The van der Waals surface area contributed by atoms with Crippen molar-refractivity contribution >= 4 is 17.6 Å². The molecule has 25 heavy (non-hydrogen) atoms. The number of halogens is 1. The van der Waals surface area contributed by atoms with Gasteiger partial charge in [-0.25, -0.2) is 4.68 Å². The number of rotatable bonds is 6. The number of nitrogens with zero attached hydrogens (tertiary/aromatic N) is 2. The summed E-state index contributed by atoms with van der Waals surface area (Å²) in [6.45, 7) is 1.65. The van der Waals surface area contributed by atoms with E-state index in [0.717, 1.165) is 16.9 Å². The number of carbonyl (C=O) groups is 1. The van der Waals surface area contributed by atoms with Crippen LogP contribution in [0.15, 0.2) is 60.7 Å². The number of hydrogen-bond donors (Lipinski definition) is 1. The minimum absolute atomic E-state index is 0.0567. The van der Waals surface area contributed by atoms with E-state index in [9.17, 15) is 4.79 Å². The van der Waals surface area contributed by atoms with Gasteiger partial charge < -0.3 is 9.84 Å². The monoisotopic (exact) mass is 356 g/mol. The Bertz CT molecular complexity index is 860. The van der Waals surface area contributed by atoms with Gasteiger partial charge in [-0.05, 0) is 31.2 Å². The second-order valence-corrected chi connectivity index (χ2v) is 6.11. The normalized spacial score (nSPS) is 11.9. The molecule has 0 fully saturated rings. The van der Waals surface area contributed by atoms with Crippen LogP contribution in [-0.4, -0.2) is 27.5 Å². The highest BCUT2D eigenvalue weighted by atomic mass is 35.5. The van der Waals surface area contributed by atoms with Gasteiger partial charge >= 0.3 is 5.97 Å². The minimum Gasteiger partial charge on any atom is -0.481 e. The number of hydrogen-bond acceptors (Lipinski definition) is 3. The fraction of sp³-hybridized carbons (Fsp3) is 0.158. The maximum Gasteiger partial charge on any atom is 0.309 e. The lowest BCUT2D eigenvalue weighted by atomic mass is 10.1. The fourth-order valence-corrected chi connectivity index (χ4v) is 2.43. The van der Waals surface area contributed by atoms with Gasteiger partial charge in [0.05, 0.1) is 17.3 Å². The van der Waals surface area contributed by atoms with Gasteiger partial charge in [0.2, 0.25) is 5.88 Å². The van der Waals surface area contributed by atoms with Crippen LogP contribution in [-0.2, 0) is 4.79 Å². The Labute approximate surface area is 150 Å². The molecule has 3 rings (SSSR count). The topological polar surface area (TPSA) is 64.4 Å². The Morgan fingerprint density at radius 3 is 2.52 bits per heavy atom. The molecule has 0 aliphatic carbocycles. The molecule has 5 nitrogen and oxygen atoms in total. The van der Waals surface area contributed by atoms with Gasteiger partial charge in [-0.2, -0.15) is 0 Å². The summed E-state index contributed by atoms with van der Waals surface area (Å²) in [6.07, 6.45) is 0. The summed E-state index contributed by atoms with van der Waals surface area (Å²) < 4.78 is 7.35. The molecule has 3 aromatic rings. The van der Waals surface area contributed by atoms with Crippen LogP contribution >= 0.6 is 11.6 Å². The molecule has 0 radical (unpaired) electrons. The average molecular weight is 357 g/mol. The Kier molecular flexibility index (Phi) is 5.05.